The van der Waals surface area contributed by atoms with E-state index < -0.39 is 0 Å². The highest BCUT2D eigenvalue weighted by Crippen LogP contribution is 2.18. The molecule has 1 amide bonds. The first-order chi connectivity index (χ1) is 10.6. The number of carbonyl (C=O) groups excluding carboxylic acids is 1. The van der Waals surface area contributed by atoms with Crippen LogP contribution < -0.4 is 5.32 Å². The van der Waals surface area contributed by atoms with Gasteiger partial charge in [0.1, 0.15) is 11.9 Å². The van der Waals surface area contributed by atoms with Crippen molar-refractivity contribution in [3.05, 3.63) is 66.0 Å². The molecule has 0 saturated carbocycles. The number of halogens is 1. The van der Waals surface area contributed by atoms with Crippen LogP contribution in [0.5, 0.6) is 0 Å². The van der Waals surface area contributed by atoms with Crippen molar-refractivity contribution in [1.29, 1.82) is 0 Å². The average Bonchev–Trinajstić information content (AvgIpc) is 2.83. The van der Waals surface area contributed by atoms with E-state index in [0.29, 0.717) is 5.69 Å². The quantitative estimate of drug-likeness (QED) is 0.921. The monoisotopic (exact) mass is 300 g/mol. The number of nitrogens with zero attached hydrogens (tertiary/aromatic N) is 1. The number of para-hydroxylation sites is 1. The predicted molar refractivity (Wildman–Crippen MR) is 87.2 cm³/mol. The van der Waals surface area contributed by atoms with Crippen LogP contribution in [0.25, 0.3) is 0 Å². The van der Waals surface area contributed by atoms with Crippen molar-refractivity contribution in [2.45, 2.75) is 19.4 Å². The number of carbonyl (C=O) groups is 1. The highest BCUT2D eigenvalue weighted by molar-refractivity contribution is 5.86. The van der Waals surface area contributed by atoms with Crippen LogP contribution in [0.1, 0.15) is 12.0 Å². The lowest BCUT2D eigenvalue weighted by molar-refractivity contribution is -0.127. The number of amides is 1. The summed E-state index contributed by atoms with van der Waals surface area (Å²) in [5.74, 6) is -0.293. The van der Waals surface area contributed by atoms with E-state index in [1.54, 1.807) is 30.1 Å². The molecule has 1 aliphatic heterocycles. The molecular weight excluding hydrogens is 279 g/mol. The van der Waals surface area contributed by atoms with Crippen LogP contribution in [-0.2, 0) is 4.79 Å². The molecule has 0 spiro atoms. The molecule has 3 nitrogen and oxygen atoms in total. The Bertz CT molecular complexity index is 615. The fraction of sp³-hybridized carbons (Fsp3) is 0.278. The molecular formula is C18H21FN2O. The topological polar surface area (TPSA) is 32.3 Å². The third-order valence-electron chi connectivity index (χ3n) is 3.57. The van der Waals surface area contributed by atoms with Crippen molar-refractivity contribution in [1.82, 2.24) is 4.90 Å². The Morgan fingerprint density at radius 3 is 2.23 bits per heavy atom. The maximum Gasteiger partial charge on any atom is 0.244 e. The summed E-state index contributed by atoms with van der Waals surface area (Å²) in [6.45, 7) is 2.81. The van der Waals surface area contributed by atoms with Gasteiger partial charge in [-0.05, 0) is 25.5 Å². The van der Waals surface area contributed by atoms with Gasteiger partial charge in [-0.15, -0.1) is 0 Å². The number of nitrogens with one attached hydrogen (secondary N) is 1. The molecule has 0 bridgehead atoms. The lowest BCUT2D eigenvalue weighted by Gasteiger charge is -2.13. The Morgan fingerprint density at radius 2 is 1.73 bits per heavy atom. The number of anilines is 1. The molecule has 0 radical (unpaired) electrons. The van der Waals surface area contributed by atoms with E-state index in [9.17, 15) is 9.18 Å². The van der Waals surface area contributed by atoms with Crippen molar-refractivity contribution in [2.24, 2.45) is 0 Å². The highest BCUT2D eigenvalue weighted by atomic mass is 19.1. The van der Waals surface area contributed by atoms with Crippen molar-refractivity contribution in [3.8, 4) is 0 Å². The molecule has 1 heterocycles. The zero-order valence-corrected chi connectivity index (χ0v) is 12.9. The maximum atomic E-state index is 13.3. The van der Waals surface area contributed by atoms with Gasteiger partial charge in [0.2, 0.25) is 5.91 Å². The Morgan fingerprint density at radius 1 is 1.09 bits per heavy atom. The van der Waals surface area contributed by atoms with E-state index in [2.05, 4.69) is 24.4 Å². The maximum absolute atomic E-state index is 13.3. The third-order valence-corrected chi connectivity index (χ3v) is 3.57. The SMILES string of the molecule is CN1CCC(Nc2ccccc2F)C1=O.Cc1ccccc1. The molecule has 0 aromatic heterocycles. The summed E-state index contributed by atoms with van der Waals surface area (Å²) in [6, 6.07) is 16.4. The Labute approximate surface area is 130 Å². The highest BCUT2D eigenvalue weighted by Gasteiger charge is 2.29. The molecule has 2 aromatic carbocycles. The molecule has 116 valence electrons. The van der Waals surface area contributed by atoms with Gasteiger partial charge in [-0.25, -0.2) is 4.39 Å². The van der Waals surface area contributed by atoms with Crippen LogP contribution >= 0.6 is 0 Å². The summed E-state index contributed by atoms with van der Waals surface area (Å²) in [4.78, 5) is 13.2. The number of hydrogen-bond donors (Lipinski definition) is 1. The number of rotatable bonds is 2. The Balaban J connectivity index is 0.000000211. The second-order valence-electron chi connectivity index (χ2n) is 5.38. The minimum atomic E-state index is -0.320. The van der Waals surface area contributed by atoms with Crippen LogP contribution in [0, 0.1) is 12.7 Å². The summed E-state index contributed by atoms with van der Waals surface area (Å²) >= 11 is 0. The Hall–Kier alpha value is -2.36. The van der Waals surface area contributed by atoms with Crippen LogP contribution in [0.3, 0.4) is 0 Å². The van der Waals surface area contributed by atoms with Crippen LogP contribution in [0.2, 0.25) is 0 Å². The van der Waals surface area contributed by atoms with Crippen LogP contribution in [0.4, 0.5) is 10.1 Å². The summed E-state index contributed by atoms with van der Waals surface area (Å²) < 4.78 is 13.3. The van der Waals surface area contributed by atoms with Gasteiger partial charge < -0.3 is 10.2 Å². The van der Waals surface area contributed by atoms with Gasteiger partial charge >= 0.3 is 0 Å². The summed E-state index contributed by atoms with van der Waals surface area (Å²) in [5.41, 5.74) is 1.72. The fourth-order valence-corrected chi connectivity index (χ4v) is 2.26. The molecule has 1 fully saturated rings. The van der Waals surface area contributed by atoms with Crippen molar-refractivity contribution in [2.75, 3.05) is 18.9 Å². The standard InChI is InChI=1S/C11H13FN2O.C7H8/c1-14-7-6-10(11(14)15)13-9-5-3-2-4-8(9)12;1-7-5-3-2-4-6-7/h2-5,10,13H,6-7H2,1H3;2-6H,1H3. The van der Waals surface area contributed by atoms with Gasteiger partial charge in [0, 0.05) is 13.6 Å². The minimum absolute atomic E-state index is 0.0262. The molecule has 4 heteroatoms. The molecule has 22 heavy (non-hydrogen) atoms. The summed E-state index contributed by atoms with van der Waals surface area (Å²) in [6.07, 6.45) is 0.726. The van der Waals surface area contributed by atoms with E-state index in [1.165, 1.54) is 11.6 Å². The molecule has 1 atom stereocenters. The van der Waals surface area contributed by atoms with Crippen molar-refractivity contribution in [3.63, 3.8) is 0 Å². The second-order valence-corrected chi connectivity index (χ2v) is 5.38. The van der Waals surface area contributed by atoms with E-state index in [1.807, 2.05) is 18.2 Å². The van der Waals surface area contributed by atoms with Crippen LogP contribution in [0.15, 0.2) is 54.6 Å². The molecule has 1 aliphatic rings. The minimum Gasteiger partial charge on any atom is -0.371 e. The van der Waals surface area contributed by atoms with Gasteiger partial charge in [-0.1, -0.05) is 48.0 Å². The second kappa shape index (κ2) is 7.59. The van der Waals surface area contributed by atoms with Gasteiger partial charge in [0.15, 0.2) is 0 Å². The van der Waals surface area contributed by atoms with Crippen molar-refractivity contribution >= 4 is 11.6 Å². The number of aryl methyl sites for hydroxylation is 1. The summed E-state index contributed by atoms with van der Waals surface area (Å²) in [5, 5.41) is 2.92. The summed E-state index contributed by atoms with van der Waals surface area (Å²) in [7, 11) is 1.76. The zero-order valence-electron chi connectivity index (χ0n) is 12.9. The first-order valence-corrected chi connectivity index (χ1v) is 7.35. The van der Waals surface area contributed by atoms with Gasteiger partial charge in [-0.2, -0.15) is 0 Å². The number of benzene rings is 2. The van der Waals surface area contributed by atoms with E-state index in [-0.39, 0.29) is 17.8 Å². The van der Waals surface area contributed by atoms with Gasteiger partial charge in [-0.3, -0.25) is 4.79 Å². The number of likely N-dealkylation sites (N-methyl/N-ethyl adjacent to an activating group) is 1. The average molecular weight is 300 g/mol. The number of hydrogen-bond acceptors (Lipinski definition) is 2. The van der Waals surface area contributed by atoms with E-state index >= 15 is 0 Å². The molecule has 3 rings (SSSR count). The molecule has 0 aliphatic carbocycles. The zero-order chi connectivity index (χ0) is 15.9. The van der Waals surface area contributed by atoms with Gasteiger partial charge in [0.05, 0.1) is 5.69 Å². The predicted octanol–water partition coefficient (Wildman–Crippen LogP) is 3.46. The Kier molecular flexibility index (Phi) is 5.53. The molecule has 2 aromatic rings. The first kappa shape index (κ1) is 16.0. The normalized spacial score (nSPS) is 17.0. The molecule has 1 unspecified atom stereocenters. The van der Waals surface area contributed by atoms with E-state index in [4.69, 9.17) is 0 Å². The third kappa shape index (κ3) is 4.32. The number of likely N-dealkylation sites (tertiary alicyclic amines) is 1. The largest absolute Gasteiger partial charge is 0.371 e. The molecule has 1 N–H and O–H groups in total. The smallest absolute Gasteiger partial charge is 0.244 e. The fourth-order valence-electron chi connectivity index (χ4n) is 2.26. The lowest BCUT2D eigenvalue weighted by atomic mass is 10.2. The van der Waals surface area contributed by atoms with Crippen molar-refractivity contribution < 1.29 is 9.18 Å². The lowest BCUT2D eigenvalue weighted by Crippen LogP contribution is -2.31. The van der Waals surface area contributed by atoms with Gasteiger partial charge in [0.25, 0.3) is 0 Å². The molecule has 1 saturated heterocycles. The van der Waals surface area contributed by atoms with Crippen LogP contribution in [-0.4, -0.2) is 30.4 Å². The first-order valence-electron chi connectivity index (χ1n) is 7.35. The van der Waals surface area contributed by atoms with E-state index in [0.717, 1.165) is 13.0 Å².